The Morgan fingerprint density at radius 2 is 1.79 bits per heavy atom. The van der Waals surface area contributed by atoms with Crippen LogP contribution in [0.25, 0.3) is 10.9 Å². The molecule has 0 fully saturated rings. The summed E-state index contributed by atoms with van der Waals surface area (Å²) in [5.74, 6) is 0.0728. The number of nitrogens with one attached hydrogen (secondary N) is 1. The summed E-state index contributed by atoms with van der Waals surface area (Å²) in [7, 11) is 0. The average Bonchev–Trinajstić information content (AvgIpc) is 2.97. The Bertz CT molecular complexity index is 711. The number of H-pyrrole nitrogens is 1. The second-order valence-electron chi connectivity index (χ2n) is 5.26. The second kappa shape index (κ2) is 3.97. The molecule has 2 atom stereocenters. The first-order valence-corrected chi connectivity index (χ1v) is 6.66. The van der Waals surface area contributed by atoms with Crippen LogP contribution in [0.2, 0.25) is 0 Å². The molecule has 0 spiro atoms. The molecule has 2 heteroatoms. The zero-order chi connectivity index (χ0) is 12.8. The van der Waals surface area contributed by atoms with Crippen LogP contribution in [-0.2, 0) is 6.42 Å². The van der Waals surface area contributed by atoms with E-state index < -0.39 is 0 Å². The fourth-order valence-electron chi connectivity index (χ4n) is 3.21. The van der Waals surface area contributed by atoms with Gasteiger partial charge in [0.15, 0.2) is 0 Å². The molecule has 2 unspecified atom stereocenters. The molecule has 19 heavy (non-hydrogen) atoms. The minimum absolute atomic E-state index is 0.0728. The molecule has 1 heterocycles. The second-order valence-corrected chi connectivity index (χ2v) is 5.26. The van der Waals surface area contributed by atoms with Crippen LogP contribution >= 0.6 is 0 Å². The van der Waals surface area contributed by atoms with E-state index in [0.29, 0.717) is 0 Å². The van der Waals surface area contributed by atoms with E-state index in [1.807, 2.05) is 24.3 Å². The van der Waals surface area contributed by atoms with Gasteiger partial charge in [0.1, 0.15) is 0 Å². The summed E-state index contributed by atoms with van der Waals surface area (Å²) in [4.78, 5) is 3.45. The van der Waals surface area contributed by atoms with Crippen molar-refractivity contribution >= 4 is 10.9 Å². The molecule has 0 bridgehead atoms. The molecule has 94 valence electrons. The maximum Gasteiger partial charge on any atom is 0.0704 e. The maximum atomic E-state index is 10.4. The minimum Gasteiger partial charge on any atom is -0.392 e. The van der Waals surface area contributed by atoms with Gasteiger partial charge in [0, 0.05) is 11.2 Å². The first kappa shape index (κ1) is 10.8. The van der Waals surface area contributed by atoms with E-state index in [1.54, 1.807) is 0 Å². The molecule has 4 rings (SSSR count). The lowest BCUT2D eigenvalue weighted by Crippen LogP contribution is -2.14. The van der Waals surface area contributed by atoms with Gasteiger partial charge in [-0.2, -0.15) is 0 Å². The number of aliphatic hydroxyl groups excluding tert-OH is 1. The van der Waals surface area contributed by atoms with Crippen LogP contribution in [0.1, 0.15) is 22.7 Å². The van der Waals surface area contributed by atoms with Crippen molar-refractivity contribution in [2.24, 2.45) is 0 Å². The Morgan fingerprint density at radius 1 is 1.00 bits per heavy atom. The fraction of sp³-hybridized carbons (Fsp3) is 0.176. The molecule has 0 saturated carbocycles. The van der Waals surface area contributed by atoms with Gasteiger partial charge in [0.25, 0.3) is 0 Å². The van der Waals surface area contributed by atoms with Crippen LogP contribution < -0.4 is 0 Å². The Morgan fingerprint density at radius 3 is 2.68 bits per heavy atom. The van der Waals surface area contributed by atoms with E-state index in [2.05, 4.69) is 35.3 Å². The molecule has 1 aliphatic carbocycles. The van der Waals surface area contributed by atoms with Crippen molar-refractivity contribution in [1.82, 2.24) is 4.98 Å². The molecular weight excluding hydrogens is 234 g/mol. The van der Waals surface area contributed by atoms with Crippen LogP contribution in [0, 0.1) is 0 Å². The molecular formula is C17H15NO. The highest BCUT2D eigenvalue weighted by Gasteiger charge is 2.32. The maximum absolute atomic E-state index is 10.4. The zero-order valence-corrected chi connectivity index (χ0v) is 10.5. The topological polar surface area (TPSA) is 36.0 Å². The average molecular weight is 249 g/mol. The van der Waals surface area contributed by atoms with Crippen molar-refractivity contribution in [3.8, 4) is 0 Å². The Kier molecular flexibility index (Phi) is 2.26. The number of fused-ring (bicyclic) bond motifs is 2. The summed E-state index contributed by atoms with van der Waals surface area (Å²) in [5.41, 5.74) is 4.76. The van der Waals surface area contributed by atoms with Gasteiger partial charge in [-0.05, 0) is 35.1 Å². The number of hydrogen-bond acceptors (Lipinski definition) is 1. The standard InChI is InChI=1S/C17H15NO/c19-16-10-11-5-1-3-7-13(11)17(16)15-9-12-6-2-4-8-14(12)18-15/h1-9,16-19H,10H2. The van der Waals surface area contributed by atoms with Crippen molar-refractivity contribution in [2.45, 2.75) is 18.4 Å². The molecule has 0 radical (unpaired) electrons. The summed E-state index contributed by atoms with van der Waals surface area (Å²) in [6.07, 6.45) is 0.418. The molecule has 0 aliphatic heterocycles. The molecule has 2 aromatic carbocycles. The number of benzene rings is 2. The predicted octanol–water partition coefficient (Wildman–Crippen LogP) is 3.22. The number of aliphatic hydroxyl groups is 1. The number of aromatic amines is 1. The summed E-state index contributed by atoms with van der Waals surface area (Å²) in [6, 6.07) is 18.7. The van der Waals surface area contributed by atoms with E-state index in [9.17, 15) is 5.11 Å². The van der Waals surface area contributed by atoms with Crippen LogP contribution in [0.5, 0.6) is 0 Å². The van der Waals surface area contributed by atoms with E-state index in [1.165, 1.54) is 16.5 Å². The Labute approximate surface area is 111 Å². The van der Waals surface area contributed by atoms with Gasteiger partial charge in [0.2, 0.25) is 0 Å². The van der Waals surface area contributed by atoms with E-state index in [0.717, 1.165) is 17.6 Å². The Hall–Kier alpha value is -2.06. The minimum atomic E-state index is -0.328. The number of para-hydroxylation sites is 1. The van der Waals surface area contributed by atoms with E-state index >= 15 is 0 Å². The zero-order valence-electron chi connectivity index (χ0n) is 10.5. The molecule has 2 N–H and O–H groups in total. The lowest BCUT2D eigenvalue weighted by Gasteiger charge is -2.14. The van der Waals surface area contributed by atoms with Gasteiger partial charge in [-0.1, -0.05) is 42.5 Å². The molecule has 1 aliphatic rings. The lowest BCUT2D eigenvalue weighted by molar-refractivity contribution is 0.168. The van der Waals surface area contributed by atoms with E-state index in [-0.39, 0.29) is 12.0 Å². The number of hydrogen-bond donors (Lipinski definition) is 2. The monoisotopic (exact) mass is 249 g/mol. The third kappa shape index (κ3) is 1.60. The summed E-state index contributed by atoms with van der Waals surface area (Å²) >= 11 is 0. The van der Waals surface area contributed by atoms with Crippen LogP contribution in [0.4, 0.5) is 0 Å². The van der Waals surface area contributed by atoms with Gasteiger partial charge in [-0.3, -0.25) is 0 Å². The third-order valence-electron chi connectivity index (χ3n) is 4.09. The number of aromatic nitrogens is 1. The van der Waals surface area contributed by atoms with Crippen LogP contribution in [-0.4, -0.2) is 16.2 Å². The first-order chi connectivity index (χ1) is 9.33. The lowest BCUT2D eigenvalue weighted by atomic mass is 9.96. The summed E-state index contributed by atoms with van der Waals surface area (Å²) < 4.78 is 0. The van der Waals surface area contributed by atoms with Crippen molar-refractivity contribution in [3.05, 3.63) is 71.4 Å². The molecule has 2 nitrogen and oxygen atoms in total. The van der Waals surface area contributed by atoms with Crippen molar-refractivity contribution in [1.29, 1.82) is 0 Å². The van der Waals surface area contributed by atoms with Crippen molar-refractivity contribution in [2.75, 3.05) is 0 Å². The quantitative estimate of drug-likeness (QED) is 0.682. The highest BCUT2D eigenvalue weighted by atomic mass is 16.3. The van der Waals surface area contributed by atoms with Gasteiger partial charge < -0.3 is 10.1 Å². The molecule has 0 amide bonds. The van der Waals surface area contributed by atoms with Crippen molar-refractivity contribution in [3.63, 3.8) is 0 Å². The summed E-state index contributed by atoms with van der Waals surface area (Å²) in [6.45, 7) is 0. The van der Waals surface area contributed by atoms with Crippen LogP contribution in [0.15, 0.2) is 54.6 Å². The van der Waals surface area contributed by atoms with Gasteiger partial charge in [-0.15, -0.1) is 0 Å². The van der Waals surface area contributed by atoms with E-state index in [4.69, 9.17) is 0 Å². The van der Waals surface area contributed by atoms with Crippen molar-refractivity contribution < 1.29 is 5.11 Å². The van der Waals surface area contributed by atoms with Crippen LogP contribution in [0.3, 0.4) is 0 Å². The van der Waals surface area contributed by atoms with Gasteiger partial charge in [0.05, 0.1) is 12.0 Å². The molecule has 0 saturated heterocycles. The molecule has 3 aromatic rings. The Balaban J connectivity index is 1.87. The predicted molar refractivity (Wildman–Crippen MR) is 76.3 cm³/mol. The molecule has 1 aromatic heterocycles. The third-order valence-corrected chi connectivity index (χ3v) is 4.09. The summed E-state index contributed by atoms with van der Waals surface area (Å²) in [5, 5.41) is 11.6. The largest absolute Gasteiger partial charge is 0.392 e. The number of rotatable bonds is 1. The highest BCUT2D eigenvalue weighted by molar-refractivity contribution is 5.80. The normalized spacial score (nSPS) is 21.7. The smallest absolute Gasteiger partial charge is 0.0704 e. The SMILES string of the molecule is OC1Cc2ccccc2C1c1cc2ccccc2[nH]1. The highest BCUT2D eigenvalue weighted by Crippen LogP contribution is 2.38. The van der Waals surface area contributed by atoms with Gasteiger partial charge in [-0.25, -0.2) is 0 Å². The van der Waals surface area contributed by atoms with Gasteiger partial charge >= 0.3 is 0 Å². The fourth-order valence-corrected chi connectivity index (χ4v) is 3.21. The first-order valence-electron chi connectivity index (χ1n) is 6.66.